The first-order valence-electron chi connectivity index (χ1n) is 14.6. The Morgan fingerprint density at radius 3 is 2.66 bits per heavy atom. The van der Waals surface area contributed by atoms with Gasteiger partial charge in [0.1, 0.15) is 19.4 Å². The number of aliphatic carboxylic acids is 1. The number of aromatic nitrogens is 6. The lowest BCUT2D eigenvalue weighted by Gasteiger charge is -2.21. The zero-order chi connectivity index (χ0) is 37.9. The first kappa shape index (κ1) is 36.4. The number of nitrogens with one attached hydrogen (secondary N) is 2. The summed E-state index contributed by atoms with van der Waals surface area (Å²) in [5.74, 6) is -2.62. The number of fused-ring (bicyclic) bond motifs is 2. The van der Waals surface area contributed by atoms with E-state index in [0.29, 0.717) is 22.8 Å². The van der Waals surface area contributed by atoms with Crippen molar-refractivity contribution in [2.75, 3.05) is 31.7 Å². The molecule has 0 aliphatic carbocycles. The van der Waals surface area contributed by atoms with Crippen molar-refractivity contribution in [1.82, 2.24) is 39.3 Å². The lowest BCUT2D eigenvalue weighted by Crippen LogP contribution is -2.42. The number of halogens is 1. The molecule has 274 valence electrons. The number of hydrogen-bond acceptors (Lipinski definition) is 17. The van der Waals surface area contributed by atoms with E-state index in [9.17, 15) is 42.8 Å². The number of nitro benzene ring substituents is 1. The highest BCUT2D eigenvalue weighted by molar-refractivity contribution is 7.91. The summed E-state index contributed by atoms with van der Waals surface area (Å²) in [6.45, 7) is -2.20. The van der Waals surface area contributed by atoms with Crippen LogP contribution in [-0.2, 0) is 30.9 Å². The normalized spacial score (nSPS) is 12.0. The van der Waals surface area contributed by atoms with Crippen molar-refractivity contribution in [3.8, 4) is 22.1 Å². The first-order chi connectivity index (χ1) is 25.3. The average molecular weight is 789 g/mol. The molecule has 0 fully saturated rings. The van der Waals surface area contributed by atoms with Crippen LogP contribution in [0, 0.1) is 10.1 Å². The van der Waals surface area contributed by atoms with Crippen LogP contribution >= 0.6 is 22.9 Å². The van der Waals surface area contributed by atoms with Crippen molar-refractivity contribution in [2.24, 2.45) is 0 Å². The van der Waals surface area contributed by atoms with Crippen LogP contribution in [-0.4, -0.2) is 103 Å². The van der Waals surface area contributed by atoms with Crippen LogP contribution in [0.2, 0.25) is 5.02 Å². The topological polar surface area (TPSA) is 290 Å². The maximum atomic E-state index is 13.2. The molecule has 2 amide bonds. The van der Waals surface area contributed by atoms with E-state index in [2.05, 4.69) is 35.2 Å². The number of amides is 2. The summed E-state index contributed by atoms with van der Waals surface area (Å²) < 4.78 is 44.0. The van der Waals surface area contributed by atoms with Crippen molar-refractivity contribution in [2.45, 2.75) is 10.9 Å². The van der Waals surface area contributed by atoms with Gasteiger partial charge >= 0.3 is 18.0 Å². The van der Waals surface area contributed by atoms with Crippen LogP contribution < -0.4 is 19.5 Å². The molecular weight excluding hydrogens is 768 g/mol. The van der Waals surface area contributed by atoms with Crippen LogP contribution in [0.1, 0.15) is 10.4 Å². The van der Waals surface area contributed by atoms with E-state index in [-0.39, 0.29) is 44.9 Å². The van der Waals surface area contributed by atoms with Crippen molar-refractivity contribution in [1.29, 1.82) is 0 Å². The van der Waals surface area contributed by atoms with E-state index in [1.165, 1.54) is 41.2 Å². The highest BCUT2D eigenvalue weighted by Crippen LogP contribution is 2.35. The van der Waals surface area contributed by atoms with Crippen LogP contribution in [0.25, 0.3) is 21.7 Å². The molecule has 53 heavy (non-hydrogen) atoms. The molecule has 2 aromatic carbocycles. The van der Waals surface area contributed by atoms with Gasteiger partial charge in [-0.1, -0.05) is 22.9 Å². The third-order valence-electron chi connectivity index (χ3n) is 7.10. The summed E-state index contributed by atoms with van der Waals surface area (Å²) in [6.07, 6.45) is 1.00. The molecule has 6 rings (SSSR count). The summed E-state index contributed by atoms with van der Waals surface area (Å²) in [5, 5.41) is 30.5. The second kappa shape index (κ2) is 15.1. The minimum Gasteiger partial charge on any atom is -0.480 e. The number of sulfonamides is 1. The zero-order valence-electron chi connectivity index (χ0n) is 26.4. The van der Waals surface area contributed by atoms with E-state index in [1.807, 2.05) is 0 Å². The number of ether oxygens (including phenoxy) is 3. The average Bonchev–Trinajstić information content (AvgIpc) is 3.88. The Morgan fingerprint density at radius 1 is 1.09 bits per heavy atom. The molecule has 22 nitrogen and oxygen atoms in total. The van der Waals surface area contributed by atoms with Gasteiger partial charge in [-0.05, 0) is 30.3 Å². The fourth-order valence-electron chi connectivity index (χ4n) is 4.72. The molecule has 0 saturated carbocycles. The maximum absolute atomic E-state index is 13.2. The molecular formula is C28H21ClN10O12S2. The van der Waals surface area contributed by atoms with Gasteiger partial charge in [-0.15, -0.1) is 10.2 Å². The standard InChI is InChI=1S/C28H21ClN10O12S2/c29-15-2-3-16(17(8-15)39(45)46)25-35-36-28(52-25)53(47,48)33-5-6-37(10-21(41)42)20(40)9-38-12-32-22-23(30-11-31-24(22)38)34-27(44)51-26(43)14-1-4-18-19(7-14)50-13-49-18/h1-4,7-8,11-12,33H,5-6,9-10,13H2,(H,41,42)(H,30,31,34,44). The minimum atomic E-state index is -4.35. The van der Waals surface area contributed by atoms with Gasteiger partial charge in [-0.25, -0.2) is 37.7 Å². The van der Waals surface area contributed by atoms with E-state index in [0.717, 1.165) is 17.3 Å². The first-order valence-corrected chi connectivity index (χ1v) is 17.3. The number of nitrogens with zero attached hydrogens (tertiary/aromatic N) is 8. The van der Waals surface area contributed by atoms with Gasteiger partial charge in [-0.3, -0.25) is 25.0 Å². The molecule has 3 N–H and O–H groups in total. The van der Waals surface area contributed by atoms with E-state index < -0.39 is 75.1 Å². The number of imidazole rings is 1. The molecule has 1 aliphatic rings. The van der Waals surface area contributed by atoms with Gasteiger partial charge < -0.3 is 28.8 Å². The number of anilines is 1. The van der Waals surface area contributed by atoms with Crippen molar-refractivity contribution in [3.05, 3.63) is 69.8 Å². The summed E-state index contributed by atoms with van der Waals surface area (Å²) in [5.41, 5.74) is -0.383. The largest absolute Gasteiger partial charge is 0.480 e. The highest BCUT2D eigenvalue weighted by Gasteiger charge is 2.26. The smallest absolute Gasteiger partial charge is 0.420 e. The predicted octanol–water partition coefficient (Wildman–Crippen LogP) is 1.92. The number of nitro groups is 1. The number of benzene rings is 2. The van der Waals surface area contributed by atoms with E-state index in [4.69, 9.17) is 25.8 Å². The molecule has 25 heteroatoms. The number of hydrogen-bond donors (Lipinski definition) is 3. The molecule has 4 heterocycles. The Balaban J connectivity index is 1.08. The Hall–Kier alpha value is -6.37. The lowest BCUT2D eigenvalue weighted by atomic mass is 10.2. The second-order valence-corrected chi connectivity index (χ2v) is 13.9. The number of carboxylic acids is 1. The SMILES string of the molecule is O=C(O)CN(CCNS(=O)(=O)c1nnc(-c2ccc(Cl)cc2[N+](=O)[O-])s1)C(=O)Cn1cnc2c(NC(=O)OC(=O)c3ccc4c(c3)OCO4)ncnc21. The molecule has 5 aromatic rings. The van der Waals surface area contributed by atoms with Crippen molar-refractivity contribution >= 4 is 79.6 Å². The molecule has 0 saturated heterocycles. The predicted molar refractivity (Wildman–Crippen MR) is 179 cm³/mol. The molecule has 0 spiro atoms. The quantitative estimate of drug-likeness (QED) is 0.0664. The number of carboxylic acid groups (broad SMARTS) is 1. The molecule has 0 bridgehead atoms. The third kappa shape index (κ3) is 8.25. The van der Waals surface area contributed by atoms with Crippen LogP contribution in [0.3, 0.4) is 0 Å². The monoisotopic (exact) mass is 788 g/mol. The van der Waals surface area contributed by atoms with Crippen molar-refractivity contribution in [3.63, 3.8) is 0 Å². The Morgan fingerprint density at radius 2 is 1.89 bits per heavy atom. The molecule has 0 atom stereocenters. The molecule has 0 radical (unpaired) electrons. The molecule has 3 aromatic heterocycles. The zero-order valence-corrected chi connectivity index (χ0v) is 28.8. The Labute approximate surface area is 304 Å². The van der Waals surface area contributed by atoms with Gasteiger partial charge in [0.25, 0.3) is 15.7 Å². The molecule has 0 unspecified atom stereocenters. The van der Waals surface area contributed by atoms with Gasteiger partial charge in [0.15, 0.2) is 33.5 Å². The van der Waals surface area contributed by atoms with E-state index >= 15 is 0 Å². The number of rotatable bonds is 13. The van der Waals surface area contributed by atoms with Crippen LogP contribution in [0.5, 0.6) is 11.5 Å². The maximum Gasteiger partial charge on any atom is 0.420 e. The number of carbonyl (C=O) groups is 4. The van der Waals surface area contributed by atoms with Crippen LogP contribution in [0.15, 0.2) is 53.4 Å². The third-order valence-corrected chi connectivity index (χ3v) is 10.1. The Bertz CT molecular complexity index is 2400. The fraction of sp³-hybridized carbons (Fsp3) is 0.179. The Kier molecular flexibility index (Phi) is 10.4. The highest BCUT2D eigenvalue weighted by atomic mass is 35.5. The summed E-state index contributed by atoms with van der Waals surface area (Å²) in [4.78, 5) is 73.5. The lowest BCUT2D eigenvalue weighted by molar-refractivity contribution is -0.384. The van der Waals surface area contributed by atoms with E-state index in [1.54, 1.807) is 0 Å². The van der Waals surface area contributed by atoms with Crippen LogP contribution in [0.4, 0.5) is 16.3 Å². The van der Waals surface area contributed by atoms with Gasteiger partial charge in [0.2, 0.25) is 17.0 Å². The summed E-state index contributed by atoms with van der Waals surface area (Å²) in [6, 6.07) is 7.95. The summed E-state index contributed by atoms with van der Waals surface area (Å²) in [7, 11) is -4.35. The summed E-state index contributed by atoms with van der Waals surface area (Å²) >= 11 is 6.38. The fourth-order valence-corrected chi connectivity index (χ4v) is 6.98. The molecule has 1 aliphatic heterocycles. The van der Waals surface area contributed by atoms with Crippen molar-refractivity contribution < 1.29 is 51.8 Å². The van der Waals surface area contributed by atoms with Gasteiger partial charge in [-0.2, -0.15) is 0 Å². The second-order valence-electron chi connectivity index (χ2n) is 10.5. The number of carbonyl (C=O) groups excluding carboxylic acids is 3. The number of esters is 1. The minimum absolute atomic E-state index is 0.00863. The van der Waals surface area contributed by atoms with Gasteiger partial charge in [0.05, 0.1) is 22.4 Å². The van der Waals surface area contributed by atoms with Gasteiger partial charge in [0, 0.05) is 24.2 Å².